The molecule has 1 aliphatic heterocycles. The number of primary sulfonamides is 1. The number of rotatable bonds is 5. The SMILES string of the molecule is CC(C)[C@@H](C(=O)Nc1ccc(S(N)(=O)=O)cc1)N1C(=O)[C@@H]2[C@@H](C1=O)[C@H]1C=C[C@H]2C1. The van der Waals surface area contributed by atoms with E-state index in [1.165, 1.54) is 24.3 Å². The third kappa shape index (κ3) is 3.18. The Bertz CT molecular complexity index is 985. The highest BCUT2D eigenvalue weighted by Crippen LogP contribution is 2.53. The van der Waals surface area contributed by atoms with Gasteiger partial charge in [-0.15, -0.1) is 0 Å². The van der Waals surface area contributed by atoms with E-state index in [2.05, 4.69) is 5.32 Å². The Morgan fingerprint density at radius 2 is 1.59 bits per heavy atom. The fraction of sp³-hybridized carbons (Fsp3) is 0.450. The number of imide groups is 1. The molecule has 4 rings (SSSR count). The molecule has 8 nitrogen and oxygen atoms in total. The van der Waals surface area contributed by atoms with Gasteiger partial charge in [0.15, 0.2) is 0 Å². The minimum Gasteiger partial charge on any atom is -0.324 e. The summed E-state index contributed by atoms with van der Waals surface area (Å²) < 4.78 is 22.7. The van der Waals surface area contributed by atoms with Crippen molar-refractivity contribution in [3.8, 4) is 0 Å². The number of nitrogens with zero attached hydrogens (tertiary/aromatic N) is 1. The summed E-state index contributed by atoms with van der Waals surface area (Å²) in [5.74, 6) is -1.87. The quantitative estimate of drug-likeness (QED) is 0.548. The Hall–Kier alpha value is -2.52. The number of hydrogen-bond acceptors (Lipinski definition) is 5. The molecule has 5 atom stereocenters. The van der Waals surface area contributed by atoms with Crippen molar-refractivity contribution in [1.82, 2.24) is 4.90 Å². The molecule has 0 radical (unpaired) electrons. The van der Waals surface area contributed by atoms with E-state index < -0.39 is 22.0 Å². The van der Waals surface area contributed by atoms with Crippen LogP contribution in [0.5, 0.6) is 0 Å². The van der Waals surface area contributed by atoms with Crippen LogP contribution >= 0.6 is 0 Å². The van der Waals surface area contributed by atoms with Crippen LogP contribution in [0.25, 0.3) is 0 Å². The molecule has 1 heterocycles. The molecule has 3 amide bonds. The largest absolute Gasteiger partial charge is 0.324 e. The molecule has 154 valence electrons. The number of nitrogens with two attached hydrogens (primary N) is 1. The molecule has 1 aromatic carbocycles. The molecule has 0 unspecified atom stereocenters. The van der Waals surface area contributed by atoms with Crippen molar-refractivity contribution in [2.75, 3.05) is 5.32 Å². The second-order valence-corrected chi connectivity index (χ2v) is 9.86. The minimum absolute atomic E-state index is 0.0726. The first kappa shape index (κ1) is 19.8. The average Bonchev–Trinajstić information content (AvgIpc) is 3.31. The van der Waals surface area contributed by atoms with Crippen LogP contribution < -0.4 is 10.5 Å². The predicted octanol–water partition coefficient (Wildman–Crippen LogP) is 1.10. The summed E-state index contributed by atoms with van der Waals surface area (Å²) in [6.07, 6.45) is 4.85. The van der Waals surface area contributed by atoms with Gasteiger partial charge in [0.1, 0.15) is 6.04 Å². The molecule has 1 saturated heterocycles. The zero-order valence-electron chi connectivity index (χ0n) is 16.1. The molecule has 0 spiro atoms. The first-order valence-corrected chi connectivity index (χ1v) is 11.1. The van der Waals surface area contributed by atoms with Crippen LogP contribution in [0, 0.1) is 29.6 Å². The number of carbonyl (C=O) groups is 3. The highest BCUT2D eigenvalue weighted by Gasteiger charge is 2.61. The standard InChI is InChI=1S/C20H23N3O5S/c1-10(2)17(18(24)22-13-5-7-14(8-6-13)29(21,27)28)23-19(25)15-11-3-4-12(9-11)16(15)20(23)26/h3-8,10-12,15-17H,9H2,1-2H3,(H,22,24)(H2,21,27,28)/t11-,12-,15-,16-,17-/m0/s1. The maximum absolute atomic E-state index is 13.1. The molecular weight excluding hydrogens is 394 g/mol. The van der Waals surface area contributed by atoms with Gasteiger partial charge in [0.05, 0.1) is 16.7 Å². The van der Waals surface area contributed by atoms with Crippen LogP contribution in [0.4, 0.5) is 5.69 Å². The van der Waals surface area contributed by atoms with Gasteiger partial charge in [0.2, 0.25) is 27.7 Å². The molecule has 2 bridgehead atoms. The van der Waals surface area contributed by atoms with E-state index in [0.29, 0.717) is 5.69 Å². The third-order valence-electron chi connectivity index (χ3n) is 6.13. The van der Waals surface area contributed by atoms with Crippen molar-refractivity contribution in [2.45, 2.75) is 31.2 Å². The summed E-state index contributed by atoms with van der Waals surface area (Å²) in [5.41, 5.74) is 0.356. The van der Waals surface area contributed by atoms with Crippen LogP contribution in [0.15, 0.2) is 41.3 Å². The summed E-state index contributed by atoms with van der Waals surface area (Å²) in [6, 6.07) is 4.48. The highest BCUT2D eigenvalue weighted by atomic mass is 32.2. The lowest BCUT2D eigenvalue weighted by Gasteiger charge is -2.29. The van der Waals surface area contributed by atoms with Crippen molar-refractivity contribution < 1.29 is 22.8 Å². The first-order valence-electron chi connectivity index (χ1n) is 9.58. The molecule has 2 fully saturated rings. The van der Waals surface area contributed by atoms with Crippen molar-refractivity contribution in [3.05, 3.63) is 36.4 Å². The Kier molecular flexibility index (Phi) is 4.62. The Morgan fingerprint density at radius 1 is 1.07 bits per heavy atom. The van der Waals surface area contributed by atoms with Gasteiger partial charge in [0, 0.05) is 5.69 Å². The van der Waals surface area contributed by atoms with Gasteiger partial charge in [-0.25, -0.2) is 13.6 Å². The monoisotopic (exact) mass is 417 g/mol. The van der Waals surface area contributed by atoms with E-state index >= 15 is 0 Å². The van der Waals surface area contributed by atoms with E-state index in [1.54, 1.807) is 13.8 Å². The summed E-state index contributed by atoms with van der Waals surface area (Å²) in [7, 11) is -3.84. The lowest BCUT2D eigenvalue weighted by atomic mass is 9.85. The Balaban J connectivity index is 1.56. The predicted molar refractivity (Wildman–Crippen MR) is 105 cm³/mol. The summed E-state index contributed by atoms with van der Waals surface area (Å²) >= 11 is 0. The van der Waals surface area contributed by atoms with Gasteiger partial charge in [0.25, 0.3) is 0 Å². The highest BCUT2D eigenvalue weighted by molar-refractivity contribution is 7.89. The number of allylic oxidation sites excluding steroid dienone is 2. The molecule has 1 aromatic rings. The Labute approximate surface area is 169 Å². The molecule has 29 heavy (non-hydrogen) atoms. The number of nitrogens with one attached hydrogen (secondary N) is 1. The van der Waals surface area contributed by atoms with Crippen molar-refractivity contribution >= 4 is 33.4 Å². The average molecular weight is 417 g/mol. The number of likely N-dealkylation sites (tertiary alicyclic amines) is 1. The van der Waals surface area contributed by atoms with Gasteiger partial charge in [-0.1, -0.05) is 26.0 Å². The van der Waals surface area contributed by atoms with Crippen LogP contribution in [-0.4, -0.2) is 37.1 Å². The van der Waals surface area contributed by atoms with E-state index in [9.17, 15) is 22.8 Å². The molecule has 3 N–H and O–H groups in total. The minimum atomic E-state index is -3.84. The normalized spacial score (nSPS) is 28.9. The van der Waals surface area contributed by atoms with E-state index in [0.717, 1.165) is 11.3 Å². The number of benzene rings is 1. The number of fused-ring (bicyclic) bond motifs is 5. The van der Waals surface area contributed by atoms with E-state index in [4.69, 9.17) is 5.14 Å². The fourth-order valence-corrected chi connectivity index (χ4v) is 5.38. The van der Waals surface area contributed by atoms with Gasteiger partial charge in [-0.2, -0.15) is 0 Å². The van der Waals surface area contributed by atoms with Gasteiger partial charge in [-0.05, 0) is 48.4 Å². The molecule has 2 aliphatic carbocycles. The maximum atomic E-state index is 13.1. The molecule has 3 aliphatic rings. The Morgan fingerprint density at radius 3 is 2.03 bits per heavy atom. The van der Waals surface area contributed by atoms with E-state index in [1.807, 2.05) is 12.2 Å². The van der Waals surface area contributed by atoms with Gasteiger partial charge >= 0.3 is 0 Å². The number of carbonyl (C=O) groups excluding carboxylic acids is 3. The maximum Gasteiger partial charge on any atom is 0.247 e. The van der Waals surface area contributed by atoms with Crippen LogP contribution in [0.3, 0.4) is 0 Å². The van der Waals surface area contributed by atoms with Crippen LogP contribution in [0.2, 0.25) is 0 Å². The summed E-state index contributed by atoms with van der Waals surface area (Å²) in [6.45, 7) is 3.58. The summed E-state index contributed by atoms with van der Waals surface area (Å²) in [4.78, 5) is 40.2. The fourth-order valence-electron chi connectivity index (χ4n) is 4.86. The first-order chi connectivity index (χ1) is 13.6. The topological polar surface area (TPSA) is 127 Å². The number of hydrogen-bond donors (Lipinski definition) is 2. The van der Waals surface area contributed by atoms with Crippen molar-refractivity contribution in [1.29, 1.82) is 0 Å². The second kappa shape index (κ2) is 6.77. The van der Waals surface area contributed by atoms with Gasteiger partial charge < -0.3 is 5.32 Å². The van der Waals surface area contributed by atoms with Gasteiger partial charge in [-0.3, -0.25) is 19.3 Å². The summed E-state index contributed by atoms with van der Waals surface area (Å²) in [5, 5.41) is 7.77. The number of amides is 3. The number of sulfonamides is 1. The number of anilines is 1. The smallest absolute Gasteiger partial charge is 0.247 e. The zero-order chi connectivity index (χ0) is 21.1. The van der Waals surface area contributed by atoms with Crippen molar-refractivity contribution in [2.24, 2.45) is 34.7 Å². The lowest BCUT2D eigenvalue weighted by Crippen LogP contribution is -2.51. The third-order valence-corrected chi connectivity index (χ3v) is 7.06. The lowest BCUT2D eigenvalue weighted by molar-refractivity contribution is -0.148. The zero-order valence-corrected chi connectivity index (χ0v) is 16.9. The molecular formula is C20H23N3O5S. The second-order valence-electron chi connectivity index (χ2n) is 8.29. The molecule has 9 heteroatoms. The van der Waals surface area contributed by atoms with Crippen molar-refractivity contribution in [3.63, 3.8) is 0 Å². The van der Waals surface area contributed by atoms with Crippen LogP contribution in [-0.2, 0) is 24.4 Å². The van der Waals surface area contributed by atoms with E-state index in [-0.39, 0.29) is 46.3 Å². The van der Waals surface area contributed by atoms with Crippen LogP contribution in [0.1, 0.15) is 20.3 Å². The molecule has 0 aromatic heterocycles. The molecule has 1 saturated carbocycles.